The molecule has 0 fully saturated rings. The van der Waals surface area contributed by atoms with Gasteiger partial charge in [0.2, 0.25) is 0 Å². The van der Waals surface area contributed by atoms with Crippen molar-refractivity contribution in [2.24, 2.45) is 5.73 Å². The summed E-state index contributed by atoms with van der Waals surface area (Å²) in [5, 5.41) is 0.671. The SMILES string of the molecule is CC(N)c1ccc(OCCCN(C)C)cc1Cl. The first kappa shape index (κ1) is 14.3. The lowest BCUT2D eigenvalue weighted by Gasteiger charge is -2.12. The van der Waals surface area contributed by atoms with E-state index in [1.165, 1.54) is 0 Å². The normalized spacial score (nSPS) is 12.8. The van der Waals surface area contributed by atoms with Crippen molar-refractivity contribution in [1.82, 2.24) is 4.90 Å². The van der Waals surface area contributed by atoms with Crippen LogP contribution in [0.25, 0.3) is 0 Å². The van der Waals surface area contributed by atoms with Gasteiger partial charge in [-0.1, -0.05) is 17.7 Å². The molecule has 17 heavy (non-hydrogen) atoms. The number of nitrogens with zero attached hydrogens (tertiary/aromatic N) is 1. The zero-order valence-corrected chi connectivity index (χ0v) is 11.5. The van der Waals surface area contributed by atoms with Gasteiger partial charge in [-0.25, -0.2) is 0 Å². The molecule has 0 aliphatic heterocycles. The van der Waals surface area contributed by atoms with Gasteiger partial charge < -0.3 is 15.4 Å². The Balaban J connectivity index is 2.47. The Labute approximate surface area is 109 Å². The maximum absolute atomic E-state index is 6.12. The third-order valence-corrected chi connectivity index (χ3v) is 2.81. The van der Waals surface area contributed by atoms with Gasteiger partial charge in [-0.3, -0.25) is 0 Å². The van der Waals surface area contributed by atoms with Crippen LogP contribution >= 0.6 is 11.6 Å². The van der Waals surface area contributed by atoms with E-state index in [9.17, 15) is 0 Å². The van der Waals surface area contributed by atoms with E-state index in [1.54, 1.807) is 0 Å². The Hall–Kier alpha value is -0.770. The van der Waals surface area contributed by atoms with Crippen LogP contribution in [0.2, 0.25) is 5.02 Å². The summed E-state index contributed by atoms with van der Waals surface area (Å²) in [5.41, 5.74) is 6.74. The van der Waals surface area contributed by atoms with Crippen LogP contribution in [0.1, 0.15) is 24.9 Å². The van der Waals surface area contributed by atoms with Gasteiger partial charge >= 0.3 is 0 Å². The number of ether oxygens (including phenoxy) is 1. The van der Waals surface area contributed by atoms with Crippen LogP contribution in [0.5, 0.6) is 5.75 Å². The highest BCUT2D eigenvalue weighted by molar-refractivity contribution is 6.31. The quantitative estimate of drug-likeness (QED) is 0.796. The van der Waals surface area contributed by atoms with Crippen LogP contribution in [0, 0.1) is 0 Å². The number of hydrogen-bond donors (Lipinski definition) is 1. The van der Waals surface area contributed by atoms with Gasteiger partial charge in [0.1, 0.15) is 5.75 Å². The van der Waals surface area contributed by atoms with Gasteiger partial charge in [0.05, 0.1) is 6.61 Å². The first-order chi connectivity index (χ1) is 8.00. The second kappa shape index (κ2) is 6.84. The molecule has 1 atom stereocenters. The second-order valence-electron chi connectivity index (χ2n) is 4.48. The summed E-state index contributed by atoms with van der Waals surface area (Å²) in [7, 11) is 4.10. The smallest absolute Gasteiger partial charge is 0.120 e. The van der Waals surface area contributed by atoms with E-state index in [2.05, 4.69) is 4.90 Å². The molecule has 0 aliphatic carbocycles. The van der Waals surface area contributed by atoms with E-state index in [0.29, 0.717) is 11.6 Å². The van der Waals surface area contributed by atoms with Crippen molar-refractivity contribution in [2.75, 3.05) is 27.2 Å². The molecule has 2 N–H and O–H groups in total. The lowest BCUT2D eigenvalue weighted by atomic mass is 10.1. The third-order valence-electron chi connectivity index (χ3n) is 2.48. The Kier molecular flexibility index (Phi) is 5.75. The molecule has 96 valence electrons. The average Bonchev–Trinajstić information content (AvgIpc) is 2.23. The number of rotatable bonds is 6. The van der Waals surface area contributed by atoms with Gasteiger partial charge in [-0.2, -0.15) is 0 Å². The molecular formula is C13H21ClN2O. The van der Waals surface area contributed by atoms with Crippen molar-refractivity contribution in [2.45, 2.75) is 19.4 Å². The van der Waals surface area contributed by atoms with Crippen molar-refractivity contribution in [3.63, 3.8) is 0 Å². The summed E-state index contributed by atoms with van der Waals surface area (Å²) < 4.78 is 5.62. The highest BCUT2D eigenvalue weighted by Crippen LogP contribution is 2.26. The highest BCUT2D eigenvalue weighted by Gasteiger charge is 2.06. The molecule has 0 amide bonds. The molecule has 0 saturated carbocycles. The van der Waals surface area contributed by atoms with Crippen molar-refractivity contribution in [3.8, 4) is 5.75 Å². The molecule has 1 aromatic rings. The first-order valence-corrected chi connectivity index (χ1v) is 6.21. The van der Waals surface area contributed by atoms with E-state index >= 15 is 0 Å². The monoisotopic (exact) mass is 256 g/mol. The fraction of sp³-hybridized carbons (Fsp3) is 0.538. The van der Waals surface area contributed by atoms with Crippen LogP contribution in [0.3, 0.4) is 0 Å². The molecule has 1 unspecified atom stereocenters. The molecule has 0 heterocycles. The first-order valence-electron chi connectivity index (χ1n) is 5.83. The maximum atomic E-state index is 6.12. The number of halogens is 1. The van der Waals surface area contributed by atoms with Crippen LogP contribution in [0.15, 0.2) is 18.2 Å². The topological polar surface area (TPSA) is 38.5 Å². The van der Waals surface area contributed by atoms with Crippen molar-refractivity contribution in [3.05, 3.63) is 28.8 Å². The predicted molar refractivity (Wildman–Crippen MR) is 72.7 cm³/mol. The van der Waals surface area contributed by atoms with Crippen LogP contribution in [-0.4, -0.2) is 32.1 Å². The molecule has 0 spiro atoms. The minimum Gasteiger partial charge on any atom is -0.493 e. The van der Waals surface area contributed by atoms with Crippen LogP contribution < -0.4 is 10.5 Å². The summed E-state index contributed by atoms with van der Waals surface area (Å²) in [4.78, 5) is 2.13. The summed E-state index contributed by atoms with van der Waals surface area (Å²) in [5.74, 6) is 0.804. The van der Waals surface area contributed by atoms with Crippen molar-refractivity contribution < 1.29 is 4.74 Å². The van der Waals surface area contributed by atoms with E-state index in [-0.39, 0.29) is 6.04 Å². The number of hydrogen-bond acceptors (Lipinski definition) is 3. The molecule has 0 aliphatic rings. The Morgan fingerprint density at radius 2 is 2.12 bits per heavy atom. The molecule has 1 aromatic carbocycles. The van der Waals surface area contributed by atoms with E-state index < -0.39 is 0 Å². The fourth-order valence-electron chi connectivity index (χ4n) is 1.54. The largest absolute Gasteiger partial charge is 0.493 e. The molecule has 1 rings (SSSR count). The predicted octanol–water partition coefficient (Wildman–Crippen LogP) is 2.69. The molecule has 0 aromatic heterocycles. The summed E-state index contributed by atoms with van der Waals surface area (Å²) >= 11 is 6.12. The van der Waals surface area contributed by atoms with Gasteiger partial charge in [0.15, 0.2) is 0 Å². The van der Waals surface area contributed by atoms with Crippen molar-refractivity contribution in [1.29, 1.82) is 0 Å². The van der Waals surface area contributed by atoms with Gasteiger partial charge in [-0.05, 0) is 45.1 Å². The van der Waals surface area contributed by atoms with E-state index in [0.717, 1.165) is 24.3 Å². The average molecular weight is 257 g/mol. The van der Waals surface area contributed by atoms with Crippen LogP contribution in [-0.2, 0) is 0 Å². The molecule has 3 nitrogen and oxygen atoms in total. The van der Waals surface area contributed by atoms with Crippen LogP contribution in [0.4, 0.5) is 0 Å². The lowest BCUT2D eigenvalue weighted by Crippen LogP contribution is -2.15. The summed E-state index contributed by atoms with van der Waals surface area (Å²) in [6.45, 7) is 3.64. The standard InChI is InChI=1S/C13H21ClN2O/c1-10(15)12-6-5-11(9-13(12)14)17-8-4-7-16(2)3/h5-6,9-10H,4,7-8,15H2,1-3H3. The minimum absolute atomic E-state index is 0.0507. The second-order valence-corrected chi connectivity index (χ2v) is 4.88. The fourth-order valence-corrected chi connectivity index (χ4v) is 1.88. The zero-order chi connectivity index (χ0) is 12.8. The molecule has 0 bridgehead atoms. The Morgan fingerprint density at radius 1 is 1.41 bits per heavy atom. The van der Waals surface area contributed by atoms with Crippen molar-refractivity contribution >= 4 is 11.6 Å². The molecule has 4 heteroatoms. The Bertz CT molecular complexity index is 353. The van der Waals surface area contributed by atoms with Gasteiger partial charge in [0, 0.05) is 17.6 Å². The number of nitrogens with two attached hydrogens (primary N) is 1. The maximum Gasteiger partial charge on any atom is 0.120 e. The van der Waals surface area contributed by atoms with E-state index in [1.807, 2.05) is 39.2 Å². The summed E-state index contributed by atoms with van der Waals surface area (Å²) in [6, 6.07) is 5.62. The Morgan fingerprint density at radius 3 is 2.65 bits per heavy atom. The summed E-state index contributed by atoms with van der Waals surface area (Å²) in [6.07, 6.45) is 1.000. The molecule has 0 radical (unpaired) electrons. The zero-order valence-electron chi connectivity index (χ0n) is 10.7. The molecular weight excluding hydrogens is 236 g/mol. The minimum atomic E-state index is -0.0507. The third kappa shape index (κ3) is 4.94. The molecule has 0 saturated heterocycles. The number of benzene rings is 1. The van der Waals surface area contributed by atoms with Gasteiger partial charge in [-0.15, -0.1) is 0 Å². The van der Waals surface area contributed by atoms with E-state index in [4.69, 9.17) is 22.1 Å². The lowest BCUT2D eigenvalue weighted by molar-refractivity contribution is 0.281. The highest BCUT2D eigenvalue weighted by atomic mass is 35.5. The van der Waals surface area contributed by atoms with Gasteiger partial charge in [0.25, 0.3) is 0 Å².